The average Bonchev–Trinajstić information content (AvgIpc) is 3.46. The summed E-state index contributed by atoms with van der Waals surface area (Å²) in [6.45, 7) is 3.05. The fourth-order valence-electron chi connectivity index (χ4n) is 3.39. The first-order valence-electron chi connectivity index (χ1n) is 10.1. The Morgan fingerprint density at radius 2 is 1.67 bits per heavy atom. The second-order valence-electron chi connectivity index (χ2n) is 7.24. The quantitative estimate of drug-likeness (QED) is 0.333. The molecule has 0 aliphatic carbocycles. The van der Waals surface area contributed by atoms with Gasteiger partial charge in [-0.3, -0.25) is 14.4 Å². The Labute approximate surface area is 189 Å². The highest BCUT2D eigenvalue weighted by Crippen LogP contribution is 2.18. The second kappa shape index (κ2) is 9.27. The van der Waals surface area contributed by atoms with Crippen LogP contribution in [0.1, 0.15) is 21.7 Å². The molecule has 10 heteroatoms. The van der Waals surface area contributed by atoms with Gasteiger partial charge >= 0.3 is 0 Å². The lowest BCUT2D eigenvalue weighted by atomic mass is 10.1. The molecular formula is C23H21N7O3. The largest absolute Gasteiger partial charge is 0.340 e. The molecule has 33 heavy (non-hydrogen) atoms. The molecule has 2 aromatic heterocycles. The molecule has 2 N–H and O–H groups in total. The van der Waals surface area contributed by atoms with Crippen LogP contribution in [0.15, 0.2) is 67.3 Å². The van der Waals surface area contributed by atoms with Crippen LogP contribution in [0.3, 0.4) is 0 Å². The lowest BCUT2D eigenvalue weighted by Crippen LogP contribution is -2.37. The van der Waals surface area contributed by atoms with Crippen LogP contribution in [0.25, 0.3) is 11.4 Å². The number of Topliss-reactive ketones (excluding diaryl/α,β-unsaturated/α-hetero) is 1. The van der Waals surface area contributed by atoms with Gasteiger partial charge in [0.05, 0.1) is 34.9 Å². The number of rotatable bonds is 7. The van der Waals surface area contributed by atoms with Crippen molar-refractivity contribution in [2.45, 2.75) is 13.8 Å². The number of hydrogen-bond acceptors (Lipinski definition) is 6. The smallest absolute Gasteiger partial charge is 0.292 e. The highest BCUT2D eigenvalue weighted by atomic mass is 16.2. The number of nitrogens with zero attached hydrogens (tertiary/aromatic N) is 5. The topological polar surface area (TPSA) is 124 Å². The number of carbonyl (C=O) groups excluding carboxylic acids is 3. The summed E-state index contributed by atoms with van der Waals surface area (Å²) in [6.07, 6.45) is 2.99. The van der Waals surface area contributed by atoms with Gasteiger partial charge in [-0.25, -0.2) is 14.3 Å². The third kappa shape index (κ3) is 4.69. The molecule has 0 spiro atoms. The zero-order valence-corrected chi connectivity index (χ0v) is 18.0. The van der Waals surface area contributed by atoms with Crippen LogP contribution in [0.4, 0.5) is 5.69 Å². The number of amides is 2. The molecule has 2 heterocycles. The van der Waals surface area contributed by atoms with Crippen LogP contribution in [0.2, 0.25) is 0 Å². The van der Waals surface area contributed by atoms with Gasteiger partial charge in [-0.2, -0.15) is 10.2 Å². The molecule has 0 aliphatic rings. The van der Waals surface area contributed by atoms with Gasteiger partial charge in [0.1, 0.15) is 12.7 Å². The highest BCUT2D eigenvalue weighted by Gasteiger charge is 2.25. The Bertz CT molecular complexity index is 1290. The third-order valence-corrected chi connectivity index (χ3v) is 4.97. The molecule has 0 fully saturated rings. The van der Waals surface area contributed by atoms with E-state index in [4.69, 9.17) is 0 Å². The van der Waals surface area contributed by atoms with Gasteiger partial charge in [0, 0.05) is 5.69 Å². The highest BCUT2D eigenvalue weighted by molar-refractivity contribution is 6.43. The lowest BCUT2D eigenvalue weighted by Gasteiger charge is -2.08. The summed E-state index contributed by atoms with van der Waals surface area (Å²) in [4.78, 5) is 41.3. The van der Waals surface area contributed by atoms with E-state index >= 15 is 0 Å². The number of nitrogens with one attached hydrogen (secondary N) is 2. The number of aryl methyl sites for hydroxylation is 1. The number of para-hydroxylation sites is 1. The van der Waals surface area contributed by atoms with Gasteiger partial charge in [0.25, 0.3) is 11.7 Å². The number of anilines is 1. The van der Waals surface area contributed by atoms with Crippen molar-refractivity contribution in [1.29, 1.82) is 0 Å². The number of carbonyl (C=O) groups is 3. The zero-order chi connectivity index (χ0) is 23.4. The van der Waals surface area contributed by atoms with Crippen molar-refractivity contribution in [1.82, 2.24) is 29.9 Å². The summed E-state index contributed by atoms with van der Waals surface area (Å²) in [6, 6.07) is 16.3. The maximum Gasteiger partial charge on any atom is 0.292 e. The van der Waals surface area contributed by atoms with Gasteiger partial charge in [0.15, 0.2) is 0 Å². The maximum atomic E-state index is 12.7. The van der Waals surface area contributed by atoms with Crippen LogP contribution in [-0.4, -0.2) is 48.7 Å². The Hall–Kier alpha value is -4.60. The van der Waals surface area contributed by atoms with E-state index in [1.165, 1.54) is 6.33 Å². The van der Waals surface area contributed by atoms with Crippen LogP contribution in [0.5, 0.6) is 0 Å². The van der Waals surface area contributed by atoms with E-state index < -0.39 is 17.6 Å². The van der Waals surface area contributed by atoms with E-state index in [-0.39, 0.29) is 12.1 Å². The molecule has 2 aromatic carbocycles. The predicted molar refractivity (Wildman–Crippen MR) is 120 cm³/mol. The molecular weight excluding hydrogens is 422 g/mol. The SMILES string of the molecule is Cc1nn(-c2ccccc2)c(C)c1C(=O)C(=O)NCC(=O)Nc1ccc(-n2cncn2)cc1. The van der Waals surface area contributed by atoms with Crippen LogP contribution >= 0.6 is 0 Å². The predicted octanol–water partition coefficient (Wildman–Crippen LogP) is 2.01. The van der Waals surface area contributed by atoms with E-state index in [0.29, 0.717) is 17.1 Å². The first-order chi connectivity index (χ1) is 15.9. The summed E-state index contributed by atoms with van der Waals surface area (Å²) in [5, 5.41) is 13.5. The van der Waals surface area contributed by atoms with Crippen molar-refractivity contribution < 1.29 is 14.4 Å². The van der Waals surface area contributed by atoms with Crippen molar-refractivity contribution in [2.24, 2.45) is 0 Å². The molecule has 0 bridgehead atoms. The molecule has 0 saturated carbocycles. The monoisotopic (exact) mass is 443 g/mol. The standard InChI is InChI=1S/C23H21N7O3/c1-15-21(16(2)30(28-15)19-6-4-3-5-7-19)22(32)23(33)25-12-20(31)27-17-8-10-18(11-9-17)29-14-24-13-26-29/h3-11,13-14H,12H2,1-2H3,(H,25,33)(H,27,31). The Balaban J connectivity index is 1.36. The van der Waals surface area contributed by atoms with Crippen molar-refractivity contribution in [2.75, 3.05) is 11.9 Å². The molecule has 0 unspecified atom stereocenters. The van der Waals surface area contributed by atoms with Crippen LogP contribution < -0.4 is 10.6 Å². The minimum atomic E-state index is -0.870. The lowest BCUT2D eigenvalue weighted by molar-refractivity contribution is -0.121. The summed E-state index contributed by atoms with van der Waals surface area (Å²) in [5.41, 5.74) is 3.32. The Kier molecular flexibility index (Phi) is 6.07. The molecule has 0 radical (unpaired) electrons. The number of benzene rings is 2. The van der Waals surface area contributed by atoms with E-state index in [1.807, 2.05) is 30.3 Å². The van der Waals surface area contributed by atoms with E-state index in [9.17, 15) is 14.4 Å². The van der Waals surface area contributed by atoms with Crippen molar-refractivity contribution in [3.05, 3.63) is 84.2 Å². The normalized spacial score (nSPS) is 10.6. The Morgan fingerprint density at radius 3 is 2.33 bits per heavy atom. The minimum Gasteiger partial charge on any atom is -0.340 e. The fourth-order valence-corrected chi connectivity index (χ4v) is 3.39. The Morgan fingerprint density at radius 1 is 0.939 bits per heavy atom. The molecule has 4 aromatic rings. The van der Waals surface area contributed by atoms with Gasteiger partial charge in [-0.15, -0.1) is 0 Å². The first kappa shape index (κ1) is 21.6. The first-order valence-corrected chi connectivity index (χ1v) is 10.1. The molecule has 0 saturated heterocycles. The van der Waals surface area contributed by atoms with Gasteiger partial charge in [-0.05, 0) is 50.2 Å². The van der Waals surface area contributed by atoms with Crippen LogP contribution in [0, 0.1) is 13.8 Å². The molecule has 0 aliphatic heterocycles. The van der Waals surface area contributed by atoms with Gasteiger partial charge < -0.3 is 10.6 Å². The second-order valence-corrected chi connectivity index (χ2v) is 7.24. The summed E-state index contributed by atoms with van der Waals surface area (Å²) < 4.78 is 3.20. The fraction of sp³-hybridized carbons (Fsp3) is 0.130. The molecule has 0 atom stereocenters. The molecule has 166 valence electrons. The average molecular weight is 443 g/mol. The van der Waals surface area contributed by atoms with E-state index in [0.717, 1.165) is 11.4 Å². The van der Waals surface area contributed by atoms with Crippen LogP contribution in [-0.2, 0) is 9.59 Å². The summed E-state index contributed by atoms with van der Waals surface area (Å²) >= 11 is 0. The molecule has 10 nitrogen and oxygen atoms in total. The van der Waals surface area contributed by atoms with Gasteiger partial charge in [-0.1, -0.05) is 18.2 Å². The van der Waals surface area contributed by atoms with Crippen molar-refractivity contribution >= 4 is 23.3 Å². The minimum absolute atomic E-state index is 0.223. The molecule has 4 rings (SSSR count). The van der Waals surface area contributed by atoms with Gasteiger partial charge in [0.2, 0.25) is 5.91 Å². The van der Waals surface area contributed by atoms with Crippen molar-refractivity contribution in [3.63, 3.8) is 0 Å². The number of hydrogen-bond donors (Lipinski definition) is 2. The van der Waals surface area contributed by atoms with E-state index in [1.54, 1.807) is 53.8 Å². The molecule has 2 amide bonds. The van der Waals surface area contributed by atoms with Crippen molar-refractivity contribution in [3.8, 4) is 11.4 Å². The maximum absolute atomic E-state index is 12.7. The summed E-state index contributed by atoms with van der Waals surface area (Å²) in [5.74, 6) is -2.07. The number of aromatic nitrogens is 5. The zero-order valence-electron chi connectivity index (χ0n) is 18.0. The number of ketones is 1. The van der Waals surface area contributed by atoms with E-state index in [2.05, 4.69) is 25.8 Å². The summed E-state index contributed by atoms with van der Waals surface area (Å²) in [7, 11) is 0. The third-order valence-electron chi connectivity index (χ3n) is 4.97.